The van der Waals surface area contributed by atoms with Crippen LogP contribution in [-0.4, -0.2) is 19.3 Å². The molecule has 5 nitrogen and oxygen atoms in total. The van der Waals surface area contributed by atoms with Crippen LogP contribution >= 0.6 is 0 Å². The maximum Gasteiger partial charge on any atom is 0.341 e. The fourth-order valence-electron chi connectivity index (χ4n) is 0.719. The summed E-state index contributed by atoms with van der Waals surface area (Å²) in [6.07, 6.45) is 2.58. The summed E-state index contributed by atoms with van der Waals surface area (Å²) in [4.78, 5) is 10.9. The van der Waals surface area contributed by atoms with Crippen molar-refractivity contribution in [2.45, 2.75) is 0 Å². The summed E-state index contributed by atoms with van der Waals surface area (Å²) in [7, 11) is 1.30. The van der Waals surface area contributed by atoms with Crippen molar-refractivity contribution in [1.29, 1.82) is 0 Å². The highest BCUT2D eigenvalue weighted by Gasteiger charge is 2.08. The maximum atomic E-state index is 10.9. The number of methoxy groups -OCH3 is 1. The van der Waals surface area contributed by atoms with Crippen LogP contribution < -0.4 is 5.84 Å². The second kappa shape index (κ2) is 3.56. The van der Waals surface area contributed by atoms with Gasteiger partial charge in [0.1, 0.15) is 12.0 Å². The van der Waals surface area contributed by atoms with Crippen molar-refractivity contribution in [3.05, 3.63) is 23.7 Å². The van der Waals surface area contributed by atoms with Gasteiger partial charge in [-0.1, -0.05) is 0 Å². The first kappa shape index (κ1) is 8.32. The normalized spacial score (nSPS) is 10.4. The van der Waals surface area contributed by atoms with Gasteiger partial charge in [0.05, 0.1) is 18.9 Å². The summed E-state index contributed by atoms with van der Waals surface area (Å²) < 4.78 is 9.35. The number of rotatable bonds is 2. The molecule has 0 radical (unpaired) electrons. The fraction of sp³-hybridized carbons (Fsp3) is 0.143. The molecule has 2 N–H and O–H groups in total. The molecule has 64 valence electrons. The van der Waals surface area contributed by atoms with E-state index in [1.54, 1.807) is 0 Å². The zero-order valence-corrected chi connectivity index (χ0v) is 6.48. The third-order valence-corrected chi connectivity index (χ3v) is 1.24. The van der Waals surface area contributed by atoms with Crippen molar-refractivity contribution in [2.24, 2.45) is 10.9 Å². The predicted octanol–water partition coefficient (Wildman–Crippen LogP) is 0.359. The van der Waals surface area contributed by atoms with E-state index in [1.807, 2.05) is 0 Å². The van der Waals surface area contributed by atoms with E-state index in [2.05, 4.69) is 9.84 Å². The highest BCUT2D eigenvalue weighted by atomic mass is 16.5. The summed E-state index contributed by atoms with van der Waals surface area (Å²) in [5.74, 6) is 4.84. The number of nitrogens with zero attached hydrogens (tertiary/aromatic N) is 1. The molecule has 0 saturated carbocycles. The second-order valence-corrected chi connectivity index (χ2v) is 2.01. The minimum Gasteiger partial charge on any atom is -0.465 e. The molecule has 5 heteroatoms. The van der Waals surface area contributed by atoms with E-state index >= 15 is 0 Å². The van der Waals surface area contributed by atoms with E-state index in [0.717, 1.165) is 0 Å². The zero-order chi connectivity index (χ0) is 8.97. The molecule has 0 bridgehead atoms. The van der Waals surface area contributed by atoms with E-state index in [0.29, 0.717) is 11.3 Å². The molecule has 0 atom stereocenters. The minimum absolute atomic E-state index is 0.340. The lowest BCUT2D eigenvalue weighted by Crippen LogP contribution is -1.98. The first-order chi connectivity index (χ1) is 5.77. The summed E-state index contributed by atoms with van der Waals surface area (Å²) in [5, 5.41) is 3.23. The van der Waals surface area contributed by atoms with Gasteiger partial charge in [0, 0.05) is 6.07 Å². The number of hydrogen-bond donors (Lipinski definition) is 1. The Morgan fingerprint density at radius 2 is 2.58 bits per heavy atom. The fourth-order valence-corrected chi connectivity index (χ4v) is 0.719. The van der Waals surface area contributed by atoms with Gasteiger partial charge in [-0.2, -0.15) is 5.10 Å². The molecular formula is C7H8N2O3. The molecule has 0 aromatic carbocycles. The van der Waals surface area contributed by atoms with Crippen molar-refractivity contribution >= 4 is 12.2 Å². The van der Waals surface area contributed by atoms with Gasteiger partial charge in [0.2, 0.25) is 0 Å². The van der Waals surface area contributed by atoms with Gasteiger partial charge in [-0.05, 0) is 0 Å². The number of hydrogen-bond acceptors (Lipinski definition) is 5. The average molecular weight is 168 g/mol. The van der Waals surface area contributed by atoms with Gasteiger partial charge >= 0.3 is 5.97 Å². The smallest absolute Gasteiger partial charge is 0.341 e. The Morgan fingerprint density at radius 1 is 1.83 bits per heavy atom. The quantitative estimate of drug-likeness (QED) is 0.299. The SMILES string of the molecule is COC(=O)c1coc(/C=N/N)c1. The highest BCUT2D eigenvalue weighted by Crippen LogP contribution is 2.06. The molecule has 1 heterocycles. The Labute approximate surface area is 68.8 Å². The summed E-state index contributed by atoms with van der Waals surface area (Å²) >= 11 is 0. The third-order valence-electron chi connectivity index (χ3n) is 1.24. The van der Waals surface area contributed by atoms with Crippen LogP contribution in [0.5, 0.6) is 0 Å². The molecule has 0 aliphatic carbocycles. The largest absolute Gasteiger partial charge is 0.465 e. The summed E-state index contributed by atoms with van der Waals surface area (Å²) in [5.41, 5.74) is 0.340. The lowest BCUT2D eigenvalue weighted by molar-refractivity contribution is 0.0600. The minimum atomic E-state index is -0.449. The Kier molecular flexibility index (Phi) is 2.47. The Hall–Kier alpha value is -1.78. The van der Waals surface area contributed by atoms with Crippen molar-refractivity contribution in [1.82, 2.24) is 0 Å². The molecular weight excluding hydrogens is 160 g/mol. The van der Waals surface area contributed by atoms with Gasteiger partial charge < -0.3 is 15.0 Å². The monoisotopic (exact) mass is 168 g/mol. The van der Waals surface area contributed by atoms with E-state index in [9.17, 15) is 4.79 Å². The van der Waals surface area contributed by atoms with Crippen LogP contribution in [0.25, 0.3) is 0 Å². The van der Waals surface area contributed by atoms with E-state index in [4.69, 9.17) is 10.3 Å². The Balaban J connectivity index is 2.84. The van der Waals surface area contributed by atoms with E-state index < -0.39 is 5.97 Å². The van der Waals surface area contributed by atoms with E-state index in [-0.39, 0.29) is 0 Å². The van der Waals surface area contributed by atoms with Gasteiger partial charge in [0.15, 0.2) is 0 Å². The number of carbonyl (C=O) groups excluding carboxylic acids is 1. The summed E-state index contributed by atoms with van der Waals surface area (Å²) in [6, 6.07) is 1.49. The molecule has 0 spiro atoms. The van der Waals surface area contributed by atoms with Crippen molar-refractivity contribution < 1.29 is 13.9 Å². The molecule has 1 aromatic rings. The number of hydrazone groups is 1. The number of esters is 1. The Bertz CT molecular complexity index is 303. The van der Waals surface area contributed by atoms with Crippen molar-refractivity contribution in [3.8, 4) is 0 Å². The number of furan rings is 1. The second-order valence-electron chi connectivity index (χ2n) is 2.01. The standard InChI is InChI=1S/C7H8N2O3/c1-11-7(10)5-2-6(3-9-8)12-4-5/h2-4H,8H2,1H3/b9-3+. The van der Waals surface area contributed by atoms with Gasteiger partial charge in [0.25, 0.3) is 0 Å². The molecule has 0 amide bonds. The van der Waals surface area contributed by atoms with Crippen molar-refractivity contribution in [3.63, 3.8) is 0 Å². The van der Waals surface area contributed by atoms with Gasteiger partial charge in [-0.15, -0.1) is 0 Å². The van der Waals surface area contributed by atoms with Gasteiger partial charge in [-0.3, -0.25) is 0 Å². The first-order valence-corrected chi connectivity index (χ1v) is 3.18. The topological polar surface area (TPSA) is 77.8 Å². The lowest BCUT2D eigenvalue weighted by Gasteiger charge is -1.89. The third kappa shape index (κ3) is 1.63. The molecule has 12 heavy (non-hydrogen) atoms. The molecule has 0 aliphatic rings. The van der Waals surface area contributed by atoms with Gasteiger partial charge in [-0.25, -0.2) is 4.79 Å². The number of carbonyl (C=O) groups is 1. The average Bonchev–Trinajstić information content (AvgIpc) is 2.52. The zero-order valence-electron chi connectivity index (χ0n) is 6.48. The first-order valence-electron chi connectivity index (χ1n) is 3.18. The lowest BCUT2D eigenvalue weighted by atomic mass is 10.3. The highest BCUT2D eigenvalue weighted by molar-refractivity contribution is 5.91. The molecule has 0 aliphatic heterocycles. The molecule has 0 unspecified atom stereocenters. The molecule has 1 aromatic heterocycles. The van der Waals surface area contributed by atoms with Crippen molar-refractivity contribution in [2.75, 3.05) is 7.11 Å². The summed E-state index contributed by atoms with van der Waals surface area (Å²) in [6.45, 7) is 0. The number of ether oxygens (including phenoxy) is 1. The van der Waals surface area contributed by atoms with Crippen LogP contribution in [0.1, 0.15) is 16.1 Å². The van der Waals surface area contributed by atoms with Crippen LogP contribution in [0, 0.1) is 0 Å². The Morgan fingerprint density at radius 3 is 3.17 bits per heavy atom. The van der Waals surface area contributed by atoms with Crippen LogP contribution in [0.4, 0.5) is 0 Å². The molecule has 0 fully saturated rings. The van der Waals surface area contributed by atoms with Crippen LogP contribution in [-0.2, 0) is 4.74 Å². The van der Waals surface area contributed by atoms with Crippen LogP contribution in [0.2, 0.25) is 0 Å². The molecule has 1 rings (SSSR count). The predicted molar refractivity (Wildman–Crippen MR) is 41.8 cm³/mol. The maximum absolute atomic E-state index is 10.9. The van der Waals surface area contributed by atoms with Crippen LogP contribution in [0.3, 0.4) is 0 Å². The van der Waals surface area contributed by atoms with E-state index in [1.165, 1.54) is 25.7 Å². The molecule has 0 saturated heterocycles. The van der Waals surface area contributed by atoms with Crippen LogP contribution in [0.15, 0.2) is 21.8 Å². The number of nitrogens with two attached hydrogens (primary N) is 1.